The zero-order valence-electron chi connectivity index (χ0n) is 32.2. The first kappa shape index (κ1) is 34.7. The summed E-state index contributed by atoms with van der Waals surface area (Å²) in [5.74, 6) is 0.687. The summed E-state index contributed by atoms with van der Waals surface area (Å²) in [6, 6.07) is 67.6. The van der Waals surface area contributed by atoms with Gasteiger partial charge in [0, 0.05) is 74.8 Å². The van der Waals surface area contributed by atoms with Crippen LogP contribution >= 0.6 is 22.7 Å². The highest BCUT2D eigenvalue weighted by molar-refractivity contribution is 7.26. The molecule has 0 N–H and O–H groups in total. The number of rotatable bonds is 6. The van der Waals surface area contributed by atoms with E-state index in [2.05, 4.69) is 187 Å². The van der Waals surface area contributed by atoms with Crippen LogP contribution < -0.4 is 0 Å². The first-order valence-electron chi connectivity index (χ1n) is 20.1. The van der Waals surface area contributed by atoms with E-state index >= 15 is 0 Å². The number of pyridine rings is 1. The molecule has 0 amide bonds. The van der Waals surface area contributed by atoms with Crippen molar-refractivity contribution in [1.82, 2.24) is 15.0 Å². The number of fused-ring (bicyclic) bond motifs is 7. The molecule has 5 heteroatoms. The van der Waals surface area contributed by atoms with E-state index in [1.807, 2.05) is 41.1 Å². The fourth-order valence-corrected chi connectivity index (χ4v) is 11.2. The normalized spacial score (nSPS) is 11.7. The Labute approximate surface area is 354 Å². The van der Waals surface area contributed by atoms with Crippen molar-refractivity contribution in [3.63, 3.8) is 0 Å². The van der Waals surface area contributed by atoms with Crippen LogP contribution in [0.15, 0.2) is 200 Å². The molecule has 3 nitrogen and oxygen atoms in total. The average molecular weight is 800 g/mol. The standard InChI is InChI=1S/C55H33N3S2/c1-2-11-35(12-3-1)49-32-50(36-25-23-34(24-26-36)41-16-8-13-37-33-56-28-27-42(37)41)58-55(57-49)40-30-38(43-17-9-19-47-45-14-4-6-21-51(45)59-53(43)47)29-39(31-40)44-18-10-20-48-46-15-5-7-22-52(46)60-54(44)48/h1-33H. The first-order chi connectivity index (χ1) is 29.7. The van der Waals surface area contributed by atoms with Gasteiger partial charge in [0.05, 0.1) is 11.4 Å². The zero-order chi connectivity index (χ0) is 39.6. The molecule has 12 aromatic rings. The molecule has 12 rings (SSSR count). The van der Waals surface area contributed by atoms with E-state index in [1.54, 1.807) is 0 Å². The second-order valence-corrected chi connectivity index (χ2v) is 17.3. The predicted molar refractivity (Wildman–Crippen MR) is 256 cm³/mol. The van der Waals surface area contributed by atoms with E-state index in [1.165, 1.54) is 62.4 Å². The summed E-state index contributed by atoms with van der Waals surface area (Å²) in [7, 11) is 0. The highest BCUT2D eigenvalue weighted by Crippen LogP contribution is 2.45. The minimum atomic E-state index is 0.687. The summed E-state index contributed by atoms with van der Waals surface area (Å²) in [5.41, 5.74) is 11.8. The van der Waals surface area contributed by atoms with Crippen LogP contribution in [-0.2, 0) is 0 Å². The number of aromatic nitrogens is 3. The molecule has 8 aromatic carbocycles. The SMILES string of the molecule is c1ccc(-c2cc(-c3ccc(-c4cccc5cnccc45)cc3)nc(-c3cc(-c4cccc5c4sc4ccccc45)cc(-c4cccc5c4sc4ccccc45)c3)n2)cc1. The van der Waals surface area contributed by atoms with Crippen molar-refractivity contribution in [1.29, 1.82) is 0 Å². The maximum atomic E-state index is 5.40. The highest BCUT2D eigenvalue weighted by atomic mass is 32.1. The Hall–Kier alpha value is -7.31. The monoisotopic (exact) mass is 799 g/mol. The van der Waals surface area contributed by atoms with Crippen molar-refractivity contribution in [2.45, 2.75) is 0 Å². The Morgan fingerprint density at radius 1 is 0.333 bits per heavy atom. The van der Waals surface area contributed by atoms with Gasteiger partial charge in [-0.2, -0.15) is 0 Å². The largest absolute Gasteiger partial charge is 0.264 e. The fraction of sp³-hybridized carbons (Fsp3) is 0. The molecular weight excluding hydrogens is 767 g/mol. The van der Waals surface area contributed by atoms with E-state index in [0.29, 0.717) is 5.82 Å². The minimum absolute atomic E-state index is 0.687. The lowest BCUT2D eigenvalue weighted by Crippen LogP contribution is -1.97. The van der Waals surface area contributed by atoms with Crippen LogP contribution in [-0.4, -0.2) is 15.0 Å². The van der Waals surface area contributed by atoms with Crippen LogP contribution in [0, 0.1) is 0 Å². The molecule has 0 bridgehead atoms. The Morgan fingerprint density at radius 3 is 1.50 bits per heavy atom. The second-order valence-electron chi connectivity index (χ2n) is 15.2. The van der Waals surface area contributed by atoms with Gasteiger partial charge in [0.1, 0.15) is 0 Å². The number of hydrogen-bond donors (Lipinski definition) is 0. The van der Waals surface area contributed by atoms with Crippen LogP contribution in [0.1, 0.15) is 0 Å². The van der Waals surface area contributed by atoms with Gasteiger partial charge in [-0.3, -0.25) is 4.98 Å². The zero-order valence-corrected chi connectivity index (χ0v) is 33.8. The molecule has 0 fully saturated rings. The second kappa shape index (κ2) is 14.2. The lowest BCUT2D eigenvalue weighted by Gasteiger charge is -2.14. The van der Waals surface area contributed by atoms with Crippen LogP contribution in [0.4, 0.5) is 0 Å². The van der Waals surface area contributed by atoms with E-state index in [9.17, 15) is 0 Å². The maximum Gasteiger partial charge on any atom is 0.160 e. The van der Waals surface area contributed by atoms with Gasteiger partial charge in [0.2, 0.25) is 0 Å². The number of thiophene rings is 2. The van der Waals surface area contributed by atoms with Crippen LogP contribution in [0.25, 0.3) is 118 Å². The van der Waals surface area contributed by atoms with Gasteiger partial charge in [0.25, 0.3) is 0 Å². The van der Waals surface area contributed by atoms with E-state index in [0.717, 1.165) is 50.2 Å². The Morgan fingerprint density at radius 2 is 0.850 bits per heavy atom. The molecule has 0 saturated carbocycles. The van der Waals surface area contributed by atoms with E-state index < -0.39 is 0 Å². The quantitative estimate of drug-likeness (QED) is 0.168. The molecule has 0 atom stereocenters. The van der Waals surface area contributed by atoms with Gasteiger partial charge in [-0.05, 0) is 81.2 Å². The smallest absolute Gasteiger partial charge is 0.160 e. The molecule has 0 aliphatic heterocycles. The minimum Gasteiger partial charge on any atom is -0.264 e. The summed E-state index contributed by atoms with van der Waals surface area (Å²) >= 11 is 3.72. The third-order valence-electron chi connectivity index (χ3n) is 11.6. The van der Waals surface area contributed by atoms with Gasteiger partial charge >= 0.3 is 0 Å². The molecule has 0 saturated heterocycles. The molecular formula is C55H33N3S2. The molecule has 60 heavy (non-hydrogen) atoms. The summed E-state index contributed by atoms with van der Waals surface area (Å²) in [6.07, 6.45) is 3.78. The van der Waals surface area contributed by atoms with Gasteiger partial charge in [0.15, 0.2) is 5.82 Å². The highest BCUT2D eigenvalue weighted by Gasteiger charge is 2.18. The Kier molecular flexibility index (Phi) is 8.22. The van der Waals surface area contributed by atoms with Crippen molar-refractivity contribution < 1.29 is 0 Å². The van der Waals surface area contributed by atoms with Crippen molar-refractivity contribution in [2.75, 3.05) is 0 Å². The topological polar surface area (TPSA) is 38.7 Å². The number of benzene rings is 8. The molecule has 4 heterocycles. The third kappa shape index (κ3) is 5.90. The Balaban J connectivity index is 1.07. The van der Waals surface area contributed by atoms with E-state index in [4.69, 9.17) is 9.97 Å². The molecule has 0 radical (unpaired) electrons. The summed E-state index contributed by atoms with van der Waals surface area (Å²) < 4.78 is 5.14. The lowest BCUT2D eigenvalue weighted by atomic mass is 9.94. The van der Waals surface area contributed by atoms with E-state index in [-0.39, 0.29) is 0 Å². The fourth-order valence-electron chi connectivity index (χ4n) is 8.69. The predicted octanol–water partition coefficient (Wildman–Crippen LogP) is 15.8. The summed E-state index contributed by atoms with van der Waals surface area (Å²) in [6.45, 7) is 0. The van der Waals surface area contributed by atoms with Crippen LogP contribution in [0.5, 0.6) is 0 Å². The van der Waals surface area contributed by atoms with Gasteiger partial charge in [-0.1, -0.05) is 146 Å². The van der Waals surface area contributed by atoms with Crippen molar-refractivity contribution in [3.05, 3.63) is 200 Å². The van der Waals surface area contributed by atoms with Gasteiger partial charge < -0.3 is 0 Å². The summed E-state index contributed by atoms with van der Waals surface area (Å²) in [5, 5.41) is 7.44. The van der Waals surface area contributed by atoms with Crippen LogP contribution in [0.3, 0.4) is 0 Å². The van der Waals surface area contributed by atoms with Gasteiger partial charge in [-0.15, -0.1) is 22.7 Å². The Bertz CT molecular complexity index is 3470. The molecule has 0 unspecified atom stereocenters. The summed E-state index contributed by atoms with van der Waals surface area (Å²) in [4.78, 5) is 15.1. The third-order valence-corrected chi connectivity index (χ3v) is 14.0. The molecule has 0 aliphatic carbocycles. The van der Waals surface area contributed by atoms with Crippen LogP contribution in [0.2, 0.25) is 0 Å². The molecule has 0 aliphatic rings. The molecule has 0 spiro atoms. The molecule has 280 valence electrons. The lowest BCUT2D eigenvalue weighted by molar-refractivity contribution is 1.18. The first-order valence-corrected chi connectivity index (χ1v) is 21.7. The van der Waals surface area contributed by atoms with Crippen molar-refractivity contribution in [3.8, 4) is 67.3 Å². The van der Waals surface area contributed by atoms with Crippen molar-refractivity contribution in [2.24, 2.45) is 0 Å². The number of hydrogen-bond acceptors (Lipinski definition) is 5. The van der Waals surface area contributed by atoms with Crippen molar-refractivity contribution >= 4 is 73.8 Å². The number of nitrogens with zero attached hydrogens (tertiary/aromatic N) is 3. The molecule has 4 aromatic heterocycles. The average Bonchev–Trinajstić information content (AvgIpc) is 3.90. The maximum absolute atomic E-state index is 5.40. The van der Waals surface area contributed by atoms with Gasteiger partial charge in [-0.25, -0.2) is 9.97 Å².